The van der Waals surface area contributed by atoms with Crippen molar-refractivity contribution in [1.82, 2.24) is 0 Å². The Hall–Kier alpha value is -0.120. The maximum atomic E-state index is 4.83. The Balaban J connectivity index is 2.86. The van der Waals surface area contributed by atoms with Gasteiger partial charge in [0.1, 0.15) is 0 Å². The Morgan fingerprint density at radius 1 is 0.556 bits per heavy atom. The van der Waals surface area contributed by atoms with Crippen molar-refractivity contribution >= 4 is 0 Å². The first-order chi connectivity index (χ1) is 8.91. The molecule has 0 aliphatic heterocycles. The molecule has 0 aromatic rings. The van der Waals surface area contributed by atoms with E-state index in [9.17, 15) is 0 Å². The summed E-state index contributed by atoms with van der Waals surface area (Å²) < 4.78 is 0. The molecule has 0 atom stereocenters. The highest BCUT2D eigenvalue weighted by Crippen LogP contribution is 2.11. The van der Waals surface area contributed by atoms with Crippen LogP contribution in [0.2, 0.25) is 0 Å². The molecule has 0 aromatic heterocycles. The van der Waals surface area contributed by atoms with Gasteiger partial charge in [0.25, 0.3) is 0 Å². The van der Waals surface area contributed by atoms with Crippen LogP contribution in [0.5, 0.6) is 0 Å². The Kier molecular flexibility index (Phi) is 16.8. The van der Waals surface area contributed by atoms with Gasteiger partial charge in [-0.15, -0.1) is 0 Å². The Morgan fingerprint density at radius 3 is 1.56 bits per heavy atom. The Labute approximate surface area is 113 Å². The number of unbranched alkanes of at least 4 members (excludes halogenated alkanes) is 10. The van der Waals surface area contributed by atoms with Gasteiger partial charge in [-0.3, -0.25) is 0 Å². The van der Waals surface area contributed by atoms with E-state index >= 15 is 0 Å². The van der Waals surface area contributed by atoms with E-state index in [-0.39, 0.29) is 0 Å². The Morgan fingerprint density at radius 2 is 1.06 bits per heavy atom. The summed E-state index contributed by atoms with van der Waals surface area (Å²) >= 11 is 0. The van der Waals surface area contributed by atoms with Crippen molar-refractivity contribution in [1.29, 1.82) is 0 Å². The molecule has 0 spiro atoms. The van der Waals surface area contributed by atoms with Crippen LogP contribution in [0, 0.1) is 0 Å². The van der Waals surface area contributed by atoms with E-state index in [0.29, 0.717) is 13.2 Å². The molecule has 0 fully saturated rings. The molecule has 0 amide bonds. The third-order valence-corrected chi connectivity index (χ3v) is 3.05. The zero-order valence-corrected chi connectivity index (χ0v) is 12.4. The van der Waals surface area contributed by atoms with Crippen LogP contribution in [0.15, 0.2) is 0 Å². The molecular formula is C15H32O3. The smallest absolute Gasteiger partial charge is 0.0853 e. The van der Waals surface area contributed by atoms with Crippen LogP contribution < -0.4 is 0 Å². The molecule has 3 nitrogen and oxygen atoms in total. The standard InChI is InChI=1S/C15H32O3/c1-3-5-6-7-8-9-10-11-12-13-14-15-17-18-16-4-2/h3-15H2,1-2H3. The van der Waals surface area contributed by atoms with Gasteiger partial charge < -0.3 is 0 Å². The van der Waals surface area contributed by atoms with Crippen LogP contribution in [0.4, 0.5) is 0 Å². The summed E-state index contributed by atoms with van der Waals surface area (Å²) in [5, 5.41) is 4.47. The van der Waals surface area contributed by atoms with Crippen LogP contribution in [0.1, 0.15) is 84.5 Å². The fourth-order valence-electron chi connectivity index (χ4n) is 1.94. The second-order valence-corrected chi connectivity index (χ2v) is 4.83. The van der Waals surface area contributed by atoms with Crippen molar-refractivity contribution in [3.8, 4) is 0 Å². The highest BCUT2D eigenvalue weighted by Gasteiger charge is 1.94. The van der Waals surface area contributed by atoms with Gasteiger partial charge in [0.15, 0.2) is 0 Å². The molecule has 0 saturated carbocycles. The quantitative estimate of drug-likeness (QED) is 0.230. The monoisotopic (exact) mass is 260 g/mol. The minimum atomic E-state index is 0.526. The predicted molar refractivity (Wildman–Crippen MR) is 75.1 cm³/mol. The van der Waals surface area contributed by atoms with Crippen molar-refractivity contribution in [2.24, 2.45) is 0 Å². The van der Waals surface area contributed by atoms with Gasteiger partial charge in [0.05, 0.1) is 13.2 Å². The zero-order chi connectivity index (χ0) is 13.3. The summed E-state index contributed by atoms with van der Waals surface area (Å²) in [6, 6.07) is 0. The summed E-state index contributed by atoms with van der Waals surface area (Å²) in [4.78, 5) is 9.45. The molecule has 0 radical (unpaired) electrons. The molecule has 0 saturated heterocycles. The normalized spacial score (nSPS) is 11.0. The molecule has 0 aliphatic rings. The third-order valence-electron chi connectivity index (χ3n) is 3.05. The van der Waals surface area contributed by atoms with E-state index in [1.165, 1.54) is 64.2 Å². The zero-order valence-electron chi connectivity index (χ0n) is 12.4. The summed E-state index contributed by atoms with van der Waals surface area (Å²) in [7, 11) is 0. The topological polar surface area (TPSA) is 27.7 Å². The molecule has 0 aliphatic carbocycles. The lowest BCUT2D eigenvalue weighted by Gasteiger charge is -2.03. The summed E-state index contributed by atoms with van der Waals surface area (Å²) in [6.07, 6.45) is 14.8. The van der Waals surface area contributed by atoms with Gasteiger partial charge in [-0.1, -0.05) is 76.2 Å². The molecular weight excluding hydrogens is 228 g/mol. The van der Waals surface area contributed by atoms with Crippen molar-refractivity contribution in [2.75, 3.05) is 13.2 Å². The summed E-state index contributed by atoms with van der Waals surface area (Å²) in [6.45, 7) is 5.30. The average Bonchev–Trinajstić information content (AvgIpc) is 2.39. The lowest BCUT2D eigenvalue weighted by molar-refractivity contribution is -0.511. The number of hydrogen-bond donors (Lipinski definition) is 0. The second kappa shape index (κ2) is 16.9. The minimum Gasteiger partial charge on any atom is -0.206 e. The van der Waals surface area contributed by atoms with E-state index < -0.39 is 0 Å². The van der Waals surface area contributed by atoms with Crippen LogP contribution in [0.25, 0.3) is 0 Å². The van der Waals surface area contributed by atoms with Crippen molar-refractivity contribution in [3.05, 3.63) is 0 Å². The van der Waals surface area contributed by atoms with E-state index in [4.69, 9.17) is 4.89 Å². The molecule has 0 bridgehead atoms. The van der Waals surface area contributed by atoms with Gasteiger partial charge in [-0.05, 0) is 13.3 Å². The average molecular weight is 260 g/mol. The minimum absolute atomic E-state index is 0.526. The SMILES string of the molecule is CCCCCCCCCCCCCOOOCC. The van der Waals surface area contributed by atoms with Crippen LogP contribution >= 0.6 is 0 Å². The van der Waals surface area contributed by atoms with Gasteiger partial charge in [0.2, 0.25) is 0 Å². The first-order valence-corrected chi connectivity index (χ1v) is 7.82. The van der Waals surface area contributed by atoms with Crippen LogP contribution in [-0.2, 0) is 14.8 Å². The molecule has 0 unspecified atom stereocenters. The van der Waals surface area contributed by atoms with Gasteiger partial charge >= 0.3 is 0 Å². The first kappa shape index (κ1) is 17.9. The van der Waals surface area contributed by atoms with Gasteiger partial charge in [0, 0.05) is 0 Å². The van der Waals surface area contributed by atoms with E-state index in [1.54, 1.807) is 0 Å². The van der Waals surface area contributed by atoms with Gasteiger partial charge in [-0.25, -0.2) is 9.78 Å². The maximum absolute atomic E-state index is 4.83. The summed E-state index contributed by atoms with van der Waals surface area (Å²) in [5.74, 6) is 0. The van der Waals surface area contributed by atoms with Crippen molar-refractivity contribution < 1.29 is 14.8 Å². The third kappa shape index (κ3) is 15.9. The maximum Gasteiger partial charge on any atom is 0.0853 e. The molecule has 110 valence electrons. The predicted octanol–water partition coefficient (Wildman–Crippen LogP) is 5.20. The lowest BCUT2D eigenvalue weighted by Crippen LogP contribution is -1.98. The number of rotatable bonds is 15. The Bertz CT molecular complexity index is 124. The van der Waals surface area contributed by atoms with E-state index in [0.717, 1.165) is 6.42 Å². The fourth-order valence-corrected chi connectivity index (χ4v) is 1.94. The van der Waals surface area contributed by atoms with Crippen molar-refractivity contribution in [2.45, 2.75) is 84.5 Å². The first-order valence-electron chi connectivity index (χ1n) is 7.82. The second-order valence-electron chi connectivity index (χ2n) is 4.83. The van der Waals surface area contributed by atoms with E-state index in [1.807, 2.05) is 6.92 Å². The molecule has 3 heteroatoms. The fraction of sp³-hybridized carbons (Fsp3) is 1.00. The van der Waals surface area contributed by atoms with Crippen LogP contribution in [-0.4, -0.2) is 13.2 Å². The molecule has 18 heavy (non-hydrogen) atoms. The van der Waals surface area contributed by atoms with E-state index in [2.05, 4.69) is 16.8 Å². The molecule has 0 N–H and O–H groups in total. The van der Waals surface area contributed by atoms with Crippen LogP contribution in [0.3, 0.4) is 0 Å². The highest BCUT2D eigenvalue weighted by molar-refractivity contribution is 4.47. The largest absolute Gasteiger partial charge is 0.206 e. The van der Waals surface area contributed by atoms with Crippen molar-refractivity contribution in [3.63, 3.8) is 0 Å². The molecule has 0 rings (SSSR count). The lowest BCUT2D eigenvalue weighted by atomic mass is 10.1. The summed E-state index contributed by atoms with van der Waals surface area (Å²) in [5.41, 5.74) is 0. The molecule has 0 heterocycles. The van der Waals surface area contributed by atoms with Gasteiger partial charge in [-0.2, -0.15) is 0 Å². The highest BCUT2D eigenvalue weighted by atomic mass is 17.5. The number of hydrogen-bond acceptors (Lipinski definition) is 3. The molecule has 0 aromatic carbocycles.